The number of fused-ring (bicyclic) bond motifs is 1. The molecule has 8 heteroatoms. The fourth-order valence-electron chi connectivity index (χ4n) is 1.64. The molecule has 1 N–H and O–H groups in total. The molecule has 2 rings (SSSR count). The van der Waals surface area contributed by atoms with Crippen LogP contribution in [-0.4, -0.2) is 50.7 Å². The van der Waals surface area contributed by atoms with Crippen LogP contribution >= 0.6 is 0 Å². The number of nitrogens with one attached hydrogen (secondary N) is 1. The van der Waals surface area contributed by atoms with E-state index in [4.69, 9.17) is 9.47 Å². The van der Waals surface area contributed by atoms with Crippen LogP contribution in [0.15, 0.2) is 30.6 Å². The number of hydrogen-bond donors (Lipinski definition) is 1. The van der Waals surface area contributed by atoms with Crippen molar-refractivity contribution in [3.63, 3.8) is 0 Å². The number of aromatic nitrogens is 2. The first-order chi connectivity index (χ1) is 9.62. The second-order valence-electron chi connectivity index (χ2n) is 4.11. The van der Waals surface area contributed by atoms with Crippen LogP contribution in [0.3, 0.4) is 0 Å². The molecule has 0 bridgehead atoms. The molecule has 0 aromatic carbocycles. The van der Waals surface area contributed by atoms with Crippen LogP contribution in [0.1, 0.15) is 0 Å². The van der Waals surface area contributed by atoms with Crippen LogP contribution in [-0.2, 0) is 19.5 Å². The number of nitrogens with zero attached hydrogens (tertiary/aromatic N) is 2. The van der Waals surface area contributed by atoms with E-state index in [1.54, 1.807) is 23.9 Å². The summed E-state index contributed by atoms with van der Waals surface area (Å²) in [5, 5.41) is 4.07. The molecular weight excluding hydrogens is 282 g/mol. The molecule has 0 aliphatic heterocycles. The van der Waals surface area contributed by atoms with Crippen LogP contribution in [0, 0.1) is 0 Å². The van der Waals surface area contributed by atoms with Gasteiger partial charge in [0.25, 0.3) is 0 Å². The fourth-order valence-corrected chi connectivity index (χ4v) is 2.58. The summed E-state index contributed by atoms with van der Waals surface area (Å²) in [6.45, 7) is 0.947. The van der Waals surface area contributed by atoms with E-state index in [1.807, 2.05) is 12.1 Å². The SMILES string of the molecule is COCCOCCS(=O)(=O)Nc1cnn2ccccc12. The summed E-state index contributed by atoms with van der Waals surface area (Å²) in [6.07, 6.45) is 3.24. The van der Waals surface area contributed by atoms with Gasteiger partial charge < -0.3 is 9.47 Å². The summed E-state index contributed by atoms with van der Waals surface area (Å²) in [4.78, 5) is 0. The van der Waals surface area contributed by atoms with E-state index >= 15 is 0 Å². The maximum absolute atomic E-state index is 11.9. The molecule has 2 aromatic rings. The first-order valence-corrected chi connectivity index (χ1v) is 7.77. The zero-order valence-corrected chi connectivity index (χ0v) is 12.0. The maximum Gasteiger partial charge on any atom is 0.235 e. The van der Waals surface area contributed by atoms with E-state index in [9.17, 15) is 8.42 Å². The molecule has 0 aliphatic rings. The summed E-state index contributed by atoms with van der Waals surface area (Å²) in [7, 11) is -1.89. The Hall–Kier alpha value is -1.64. The van der Waals surface area contributed by atoms with Gasteiger partial charge in [0.2, 0.25) is 10.0 Å². The van der Waals surface area contributed by atoms with Crippen LogP contribution in [0.4, 0.5) is 5.69 Å². The van der Waals surface area contributed by atoms with Crippen LogP contribution in [0.25, 0.3) is 5.52 Å². The quantitative estimate of drug-likeness (QED) is 0.727. The Morgan fingerprint density at radius 2 is 2.15 bits per heavy atom. The highest BCUT2D eigenvalue weighted by Gasteiger charge is 2.13. The second-order valence-corrected chi connectivity index (χ2v) is 5.96. The first-order valence-electron chi connectivity index (χ1n) is 6.12. The molecule has 0 unspecified atom stereocenters. The molecule has 20 heavy (non-hydrogen) atoms. The predicted octanol–water partition coefficient (Wildman–Crippen LogP) is 0.739. The standard InChI is InChI=1S/C12H17N3O4S/c1-18-6-7-19-8-9-20(16,17)14-11-10-13-15-5-3-2-4-12(11)15/h2-5,10,14H,6-9H2,1H3. The van der Waals surface area contributed by atoms with E-state index in [1.165, 1.54) is 6.20 Å². The Morgan fingerprint density at radius 1 is 1.30 bits per heavy atom. The number of rotatable bonds is 8. The van der Waals surface area contributed by atoms with Crippen LogP contribution < -0.4 is 4.72 Å². The maximum atomic E-state index is 11.9. The number of methoxy groups -OCH3 is 1. The van der Waals surface area contributed by atoms with Gasteiger partial charge in [-0.15, -0.1) is 0 Å². The van der Waals surface area contributed by atoms with Gasteiger partial charge in [0, 0.05) is 13.3 Å². The van der Waals surface area contributed by atoms with E-state index in [0.29, 0.717) is 24.4 Å². The van der Waals surface area contributed by atoms with Crippen molar-refractivity contribution in [1.82, 2.24) is 9.61 Å². The molecule has 110 valence electrons. The van der Waals surface area contributed by atoms with Gasteiger partial charge in [-0.2, -0.15) is 5.10 Å². The molecule has 7 nitrogen and oxygen atoms in total. The van der Waals surface area contributed by atoms with Crippen molar-refractivity contribution < 1.29 is 17.9 Å². The second kappa shape index (κ2) is 6.69. The third-order valence-electron chi connectivity index (χ3n) is 2.62. The van der Waals surface area contributed by atoms with Gasteiger partial charge >= 0.3 is 0 Å². The molecular formula is C12H17N3O4S. The largest absolute Gasteiger partial charge is 0.382 e. The highest BCUT2D eigenvalue weighted by Crippen LogP contribution is 2.17. The highest BCUT2D eigenvalue weighted by atomic mass is 32.2. The van der Waals surface area contributed by atoms with Crippen molar-refractivity contribution in [3.8, 4) is 0 Å². The van der Waals surface area contributed by atoms with Gasteiger partial charge in [-0.3, -0.25) is 4.72 Å². The zero-order chi connectivity index (χ0) is 14.4. The summed E-state index contributed by atoms with van der Waals surface area (Å²) in [5.74, 6) is -0.110. The molecule has 0 atom stereocenters. The van der Waals surface area contributed by atoms with Crippen molar-refractivity contribution >= 4 is 21.2 Å². The summed E-state index contributed by atoms with van der Waals surface area (Å²) in [6, 6.07) is 5.44. The third-order valence-corrected chi connectivity index (χ3v) is 3.86. The van der Waals surface area contributed by atoms with Gasteiger partial charge in [-0.05, 0) is 12.1 Å². The van der Waals surface area contributed by atoms with E-state index in [2.05, 4.69) is 9.82 Å². The highest BCUT2D eigenvalue weighted by molar-refractivity contribution is 7.92. The number of ether oxygens (including phenoxy) is 2. The zero-order valence-electron chi connectivity index (χ0n) is 11.2. The molecule has 0 amide bonds. The number of pyridine rings is 1. The van der Waals surface area contributed by atoms with Gasteiger partial charge in [0.05, 0.1) is 43.0 Å². The minimum absolute atomic E-state index is 0.110. The van der Waals surface area contributed by atoms with Gasteiger partial charge in [-0.1, -0.05) is 6.07 Å². The molecule has 2 aromatic heterocycles. The van der Waals surface area contributed by atoms with Crippen molar-refractivity contribution in [1.29, 1.82) is 0 Å². The minimum atomic E-state index is -3.45. The summed E-state index contributed by atoms with van der Waals surface area (Å²) >= 11 is 0. The third kappa shape index (κ3) is 3.92. The first kappa shape index (κ1) is 14.8. The van der Waals surface area contributed by atoms with Crippen molar-refractivity contribution in [2.24, 2.45) is 0 Å². The molecule has 0 fully saturated rings. The normalized spacial score (nSPS) is 11.8. The predicted molar refractivity (Wildman–Crippen MR) is 75.3 cm³/mol. The van der Waals surface area contributed by atoms with Crippen LogP contribution in [0.5, 0.6) is 0 Å². The smallest absolute Gasteiger partial charge is 0.235 e. The molecule has 0 aliphatic carbocycles. The fraction of sp³-hybridized carbons (Fsp3) is 0.417. The van der Waals surface area contributed by atoms with Crippen molar-refractivity contribution in [2.75, 3.05) is 37.4 Å². The van der Waals surface area contributed by atoms with Crippen LogP contribution in [0.2, 0.25) is 0 Å². The molecule has 2 heterocycles. The number of hydrogen-bond acceptors (Lipinski definition) is 5. The van der Waals surface area contributed by atoms with Crippen molar-refractivity contribution in [2.45, 2.75) is 0 Å². The Balaban J connectivity index is 1.94. The monoisotopic (exact) mass is 299 g/mol. The topological polar surface area (TPSA) is 81.9 Å². The minimum Gasteiger partial charge on any atom is -0.382 e. The van der Waals surface area contributed by atoms with Gasteiger partial charge in [0.15, 0.2) is 0 Å². The Bertz CT molecular complexity index is 654. The lowest BCUT2D eigenvalue weighted by molar-refractivity contribution is 0.0785. The molecule has 0 spiro atoms. The summed E-state index contributed by atoms with van der Waals surface area (Å²) in [5.41, 5.74) is 1.17. The lowest BCUT2D eigenvalue weighted by Gasteiger charge is -2.07. The average molecular weight is 299 g/mol. The Labute approximate surface area is 117 Å². The lowest BCUT2D eigenvalue weighted by Crippen LogP contribution is -2.20. The molecule has 0 saturated heterocycles. The lowest BCUT2D eigenvalue weighted by atomic mass is 10.4. The van der Waals surface area contributed by atoms with E-state index in [-0.39, 0.29) is 12.4 Å². The number of anilines is 1. The average Bonchev–Trinajstić information content (AvgIpc) is 2.81. The van der Waals surface area contributed by atoms with E-state index in [0.717, 1.165) is 0 Å². The van der Waals surface area contributed by atoms with E-state index < -0.39 is 10.0 Å². The Morgan fingerprint density at radius 3 is 2.95 bits per heavy atom. The van der Waals surface area contributed by atoms with Crippen molar-refractivity contribution in [3.05, 3.63) is 30.6 Å². The Kier molecular flexibility index (Phi) is 4.94. The molecule has 0 radical (unpaired) electrons. The number of sulfonamides is 1. The van der Waals surface area contributed by atoms with Gasteiger partial charge in [0.1, 0.15) is 0 Å². The molecule has 0 saturated carbocycles. The summed E-state index contributed by atoms with van der Waals surface area (Å²) < 4.78 is 37.9. The van der Waals surface area contributed by atoms with Gasteiger partial charge in [-0.25, -0.2) is 12.9 Å².